The zero-order valence-corrected chi connectivity index (χ0v) is 14.6. The fraction of sp³-hybridized carbons (Fsp3) is 0.895. The Morgan fingerprint density at radius 3 is 1.96 bits per heavy atom. The second-order valence-corrected chi connectivity index (χ2v) is 8.84. The first-order valence-corrected chi connectivity index (χ1v) is 9.63. The normalized spacial score (nSPS) is 40.8. The van der Waals surface area contributed by atoms with Crippen molar-refractivity contribution in [3.05, 3.63) is 0 Å². The maximum Gasteiger partial charge on any atom is 0.325 e. The molecule has 4 heteroatoms. The van der Waals surface area contributed by atoms with Crippen molar-refractivity contribution in [1.29, 1.82) is 0 Å². The predicted octanol–water partition coefficient (Wildman–Crippen LogP) is 3.70. The minimum Gasteiger partial charge on any atom is -0.323 e. The van der Waals surface area contributed by atoms with Gasteiger partial charge in [-0.3, -0.25) is 9.69 Å². The van der Waals surface area contributed by atoms with Crippen molar-refractivity contribution in [2.45, 2.75) is 77.2 Å². The molecule has 0 atom stereocenters. The van der Waals surface area contributed by atoms with Gasteiger partial charge in [-0.25, -0.2) is 4.79 Å². The highest BCUT2D eigenvalue weighted by molar-refractivity contribution is 6.06. The van der Waals surface area contributed by atoms with E-state index in [0.717, 1.165) is 24.2 Å². The molecular formula is C19H30N2O2. The Kier molecular flexibility index (Phi) is 3.51. The summed E-state index contributed by atoms with van der Waals surface area (Å²) < 4.78 is 0. The topological polar surface area (TPSA) is 49.4 Å². The molecule has 1 N–H and O–H groups in total. The van der Waals surface area contributed by atoms with Crippen LogP contribution in [0.15, 0.2) is 0 Å². The summed E-state index contributed by atoms with van der Waals surface area (Å²) in [5.41, 5.74) is -0.211. The van der Waals surface area contributed by atoms with Gasteiger partial charge in [-0.05, 0) is 81.0 Å². The SMILES string of the molecule is CCC1(CC)NC(=O)N(CCC23CC4CC(CC(C4)C2)C3)C1=O. The van der Waals surface area contributed by atoms with Gasteiger partial charge in [0, 0.05) is 6.54 Å². The van der Waals surface area contributed by atoms with Crippen molar-refractivity contribution in [2.24, 2.45) is 23.2 Å². The Morgan fingerprint density at radius 2 is 1.52 bits per heavy atom. The second kappa shape index (κ2) is 5.22. The lowest BCUT2D eigenvalue weighted by molar-refractivity contribution is -0.132. The third-order valence-electron chi connectivity index (χ3n) is 7.48. The summed E-state index contributed by atoms with van der Waals surface area (Å²) in [6.07, 6.45) is 10.7. The molecule has 23 heavy (non-hydrogen) atoms. The molecule has 0 aromatic heterocycles. The van der Waals surface area contributed by atoms with Gasteiger partial charge in [0.05, 0.1) is 0 Å². The first kappa shape index (κ1) is 15.5. The van der Waals surface area contributed by atoms with Gasteiger partial charge < -0.3 is 5.32 Å². The number of amides is 3. The summed E-state index contributed by atoms with van der Waals surface area (Å²) in [5.74, 6) is 2.79. The zero-order valence-electron chi connectivity index (χ0n) is 14.6. The molecule has 5 fully saturated rings. The first-order chi connectivity index (χ1) is 11.0. The number of carbonyl (C=O) groups excluding carboxylic acids is 2. The van der Waals surface area contributed by atoms with E-state index in [9.17, 15) is 9.59 Å². The molecule has 1 saturated heterocycles. The van der Waals surface area contributed by atoms with Crippen LogP contribution in [0.25, 0.3) is 0 Å². The van der Waals surface area contributed by atoms with E-state index in [1.165, 1.54) is 43.4 Å². The van der Waals surface area contributed by atoms with E-state index in [1.54, 1.807) is 0 Å². The number of rotatable bonds is 5. The molecule has 5 aliphatic rings. The summed E-state index contributed by atoms with van der Waals surface area (Å²) in [5, 5.41) is 2.96. The molecule has 0 radical (unpaired) electrons. The third kappa shape index (κ3) is 2.32. The van der Waals surface area contributed by atoms with Gasteiger partial charge in [-0.2, -0.15) is 0 Å². The number of hydrogen-bond acceptors (Lipinski definition) is 2. The highest BCUT2D eigenvalue weighted by Gasteiger charge is 2.52. The van der Waals surface area contributed by atoms with Crippen LogP contribution in [0.5, 0.6) is 0 Å². The Bertz CT molecular complexity index is 488. The van der Waals surface area contributed by atoms with Crippen LogP contribution in [-0.2, 0) is 4.79 Å². The molecule has 1 aliphatic heterocycles. The van der Waals surface area contributed by atoms with E-state index in [1.807, 2.05) is 13.8 Å². The summed E-state index contributed by atoms with van der Waals surface area (Å²) in [4.78, 5) is 26.6. The molecule has 0 spiro atoms. The zero-order chi connectivity index (χ0) is 16.2. The van der Waals surface area contributed by atoms with Crippen molar-refractivity contribution < 1.29 is 9.59 Å². The van der Waals surface area contributed by atoms with Crippen LogP contribution in [0.4, 0.5) is 4.79 Å². The van der Waals surface area contributed by atoms with Crippen molar-refractivity contribution in [2.75, 3.05) is 6.54 Å². The van der Waals surface area contributed by atoms with Crippen molar-refractivity contribution in [3.8, 4) is 0 Å². The van der Waals surface area contributed by atoms with Gasteiger partial charge in [-0.15, -0.1) is 0 Å². The number of carbonyl (C=O) groups is 2. The van der Waals surface area contributed by atoms with Crippen LogP contribution in [0.1, 0.15) is 71.6 Å². The molecule has 0 aromatic carbocycles. The van der Waals surface area contributed by atoms with Gasteiger partial charge in [0.15, 0.2) is 0 Å². The summed E-state index contributed by atoms with van der Waals surface area (Å²) in [6.45, 7) is 4.60. The van der Waals surface area contributed by atoms with Crippen LogP contribution < -0.4 is 5.32 Å². The Balaban J connectivity index is 1.45. The summed E-state index contributed by atoms with van der Waals surface area (Å²) >= 11 is 0. The molecule has 4 nitrogen and oxygen atoms in total. The number of imide groups is 1. The molecule has 4 saturated carbocycles. The smallest absolute Gasteiger partial charge is 0.323 e. The Labute approximate surface area is 139 Å². The van der Waals surface area contributed by atoms with Crippen LogP contribution in [-0.4, -0.2) is 28.9 Å². The number of nitrogens with one attached hydrogen (secondary N) is 1. The lowest BCUT2D eigenvalue weighted by Gasteiger charge is -2.57. The minimum atomic E-state index is -0.640. The molecular weight excluding hydrogens is 288 g/mol. The molecule has 0 aromatic rings. The maximum absolute atomic E-state index is 12.8. The van der Waals surface area contributed by atoms with Gasteiger partial charge in [0.2, 0.25) is 0 Å². The molecule has 1 heterocycles. The molecule has 4 aliphatic carbocycles. The highest BCUT2D eigenvalue weighted by atomic mass is 16.2. The average molecular weight is 318 g/mol. The fourth-order valence-corrected chi connectivity index (χ4v) is 6.55. The van der Waals surface area contributed by atoms with E-state index >= 15 is 0 Å². The van der Waals surface area contributed by atoms with Crippen molar-refractivity contribution in [3.63, 3.8) is 0 Å². The quantitative estimate of drug-likeness (QED) is 0.786. The van der Waals surface area contributed by atoms with Crippen LogP contribution in [0.3, 0.4) is 0 Å². The number of nitrogens with zero attached hydrogens (tertiary/aromatic N) is 1. The standard InChI is InChI=1S/C19H30N2O2/c1-3-19(4-2)16(22)21(17(23)20-19)6-5-18-10-13-7-14(11-18)9-15(8-13)12-18/h13-15H,3-12H2,1-2H3,(H,20,23). The number of hydrogen-bond donors (Lipinski definition) is 1. The lowest BCUT2D eigenvalue weighted by atomic mass is 9.49. The average Bonchev–Trinajstić information content (AvgIpc) is 2.75. The Morgan fingerprint density at radius 1 is 1.00 bits per heavy atom. The van der Waals surface area contributed by atoms with Gasteiger partial charge >= 0.3 is 6.03 Å². The first-order valence-electron chi connectivity index (χ1n) is 9.63. The van der Waals surface area contributed by atoms with E-state index in [-0.39, 0.29) is 11.9 Å². The molecule has 0 unspecified atom stereocenters. The lowest BCUT2D eigenvalue weighted by Crippen LogP contribution is -2.48. The second-order valence-electron chi connectivity index (χ2n) is 8.84. The number of urea groups is 1. The predicted molar refractivity (Wildman–Crippen MR) is 88.8 cm³/mol. The monoisotopic (exact) mass is 318 g/mol. The van der Waals surface area contributed by atoms with E-state index < -0.39 is 5.54 Å². The molecule has 5 rings (SSSR count). The fourth-order valence-electron chi connectivity index (χ4n) is 6.55. The van der Waals surface area contributed by atoms with E-state index in [2.05, 4.69) is 5.32 Å². The third-order valence-corrected chi connectivity index (χ3v) is 7.48. The molecule has 3 amide bonds. The molecule has 4 bridgehead atoms. The maximum atomic E-state index is 12.8. The van der Waals surface area contributed by atoms with Crippen LogP contribution >= 0.6 is 0 Å². The molecule has 128 valence electrons. The van der Waals surface area contributed by atoms with E-state index in [4.69, 9.17) is 0 Å². The van der Waals surface area contributed by atoms with Crippen LogP contribution in [0, 0.1) is 23.2 Å². The van der Waals surface area contributed by atoms with Gasteiger partial charge in [-0.1, -0.05) is 13.8 Å². The Hall–Kier alpha value is -1.06. The van der Waals surface area contributed by atoms with Crippen molar-refractivity contribution >= 4 is 11.9 Å². The van der Waals surface area contributed by atoms with Crippen LogP contribution in [0.2, 0.25) is 0 Å². The largest absolute Gasteiger partial charge is 0.325 e. The minimum absolute atomic E-state index is 0.0113. The van der Waals surface area contributed by atoms with Crippen molar-refractivity contribution in [1.82, 2.24) is 10.2 Å². The summed E-state index contributed by atoms with van der Waals surface area (Å²) in [6, 6.07) is -0.163. The van der Waals surface area contributed by atoms with E-state index in [0.29, 0.717) is 24.8 Å². The summed E-state index contributed by atoms with van der Waals surface area (Å²) in [7, 11) is 0. The van der Waals surface area contributed by atoms with Gasteiger partial charge in [0.1, 0.15) is 5.54 Å². The highest BCUT2D eigenvalue weighted by Crippen LogP contribution is 2.61. The van der Waals surface area contributed by atoms with Gasteiger partial charge in [0.25, 0.3) is 5.91 Å².